The molecule has 7 nitrogen and oxygen atoms in total. The lowest BCUT2D eigenvalue weighted by Crippen LogP contribution is -2.35. The van der Waals surface area contributed by atoms with E-state index in [4.69, 9.17) is 0 Å². The minimum absolute atomic E-state index is 0.0223. The Labute approximate surface area is 218 Å². The molecular weight excluding hydrogens is 460 g/mol. The Kier molecular flexibility index (Phi) is 7.79. The summed E-state index contributed by atoms with van der Waals surface area (Å²) in [6.45, 7) is 7.69. The second-order valence-corrected chi connectivity index (χ2v) is 10.6. The van der Waals surface area contributed by atoms with Gasteiger partial charge in [-0.2, -0.15) is 0 Å². The first kappa shape index (κ1) is 25.3. The van der Waals surface area contributed by atoms with Crippen LogP contribution in [0.25, 0.3) is 10.9 Å². The van der Waals surface area contributed by atoms with E-state index < -0.39 is 0 Å². The average Bonchev–Trinajstić information content (AvgIpc) is 3.39. The van der Waals surface area contributed by atoms with Gasteiger partial charge in [-0.25, -0.2) is 4.68 Å². The summed E-state index contributed by atoms with van der Waals surface area (Å²) in [4.78, 5) is 18.8. The van der Waals surface area contributed by atoms with Gasteiger partial charge in [0.1, 0.15) is 0 Å². The Morgan fingerprint density at radius 1 is 1.08 bits per heavy atom. The van der Waals surface area contributed by atoms with E-state index >= 15 is 0 Å². The number of fused-ring (bicyclic) bond motifs is 1. The van der Waals surface area contributed by atoms with Crippen molar-refractivity contribution in [3.8, 4) is 0 Å². The van der Waals surface area contributed by atoms with E-state index in [1.165, 1.54) is 30.4 Å². The normalized spacial score (nSPS) is 15.5. The van der Waals surface area contributed by atoms with Gasteiger partial charge in [0.05, 0.1) is 17.6 Å². The van der Waals surface area contributed by atoms with Crippen LogP contribution in [0.1, 0.15) is 85.6 Å². The SMILES string of the molecule is CC[C@H](c1nnnn1C1CCCCC1)N(CCc1ccccc1)Cc1cc2cc(C)cc(C)c2[nH]c1=O. The zero-order valence-electron chi connectivity index (χ0n) is 22.3. The fourth-order valence-corrected chi connectivity index (χ4v) is 5.94. The van der Waals surface area contributed by atoms with Gasteiger partial charge in [0.2, 0.25) is 0 Å². The van der Waals surface area contributed by atoms with Crippen molar-refractivity contribution in [1.29, 1.82) is 0 Å². The van der Waals surface area contributed by atoms with Crippen molar-refractivity contribution in [2.24, 2.45) is 0 Å². The third-order valence-electron chi connectivity index (χ3n) is 7.84. The maximum absolute atomic E-state index is 13.3. The standard InChI is InChI=1S/C30H38N6O/c1-4-27(29-32-33-34-36(29)26-13-9-6-10-14-26)35(16-15-23-11-7-5-8-12-23)20-25-19-24-18-21(2)17-22(3)28(24)31-30(25)37/h5,7-8,11-12,17-19,26-27H,4,6,9-10,13-16,20H2,1-3H3,(H,31,37)/t27-/m1/s1. The van der Waals surface area contributed by atoms with E-state index in [0.717, 1.165) is 60.1 Å². The third-order valence-corrected chi connectivity index (χ3v) is 7.84. The number of H-pyrrole nitrogens is 1. The molecule has 2 aromatic carbocycles. The fraction of sp³-hybridized carbons (Fsp3) is 0.467. The fourth-order valence-electron chi connectivity index (χ4n) is 5.94. The molecule has 37 heavy (non-hydrogen) atoms. The predicted octanol–water partition coefficient (Wildman–Crippen LogP) is 5.83. The molecule has 0 saturated heterocycles. The van der Waals surface area contributed by atoms with Crippen molar-refractivity contribution < 1.29 is 0 Å². The van der Waals surface area contributed by atoms with Crippen LogP contribution in [0.3, 0.4) is 0 Å². The first-order chi connectivity index (χ1) is 18.0. The number of hydrogen-bond donors (Lipinski definition) is 1. The lowest BCUT2D eigenvalue weighted by atomic mass is 9.95. The average molecular weight is 499 g/mol. The molecule has 0 bridgehead atoms. The Morgan fingerprint density at radius 2 is 1.86 bits per heavy atom. The highest BCUT2D eigenvalue weighted by Crippen LogP contribution is 2.32. The number of nitrogens with zero attached hydrogens (tertiary/aromatic N) is 5. The van der Waals surface area contributed by atoms with E-state index in [2.05, 4.69) is 93.3 Å². The summed E-state index contributed by atoms with van der Waals surface area (Å²) in [5, 5.41) is 14.2. The van der Waals surface area contributed by atoms with E-state index in [-0.39, 0.29) is 11.6 Å². The molecule has 1 fully saturated rings. The molecule has 0 unspecified atom stereocenters. The zero-order valence-corrected chi connectivity index (χ0v) is 22.3. The molecule has 0 spiro atoms. The van der Waals surface area contributed by atoms with Crippen molar-refractivity contribution in [3.05, 3.63) is 87.0 Å². The lowest BCUT2D eigenvalue weighted by molar-refractivity contribution is 0.165. The van der Waals surface area contributed by atoms with Gasteiger partial charge in [0.15, 0.2) is 5.82 Å². The molecule has 5 rings (SSSR count). The lowest BCUT2D eigenvalue weighted by Gasteiger charge is -2.32. The summed E-state index contributed by atoms with van der Waals surface area (Å²) in [7, 11) is 0. The number of nitrogens with one attached hydrogen (secondary N) is 1. The largest absolute Gasteiger partial charge is 0.321 e. The molecule has 4 aromatic rings. The minimum Gasteiger partial charge on any atom is -0.321 e. The molecule has 0 aliphatic heterocycles. The Morgan fingerprint density at radius 3 is 2.62 bits per heavy atom. The molecule has 1 aliphatic rings. The maximum atomic E-state index is 13.3. The van der Waals surface area contributed by atoms with Crippen molar-refractivity contribution in [2.75, 3.05) is 6.54 Å². The number of benzene rings is 2. The van der Waals surface area contributed by atoms with Crippen LogP contribution in [0.2, 0.25) is 0 Å². The molecule has 0 radical (unpaired) electrons. The second-order valence-electron chi connectivity index (χ2n) is 10.6. The van der Waals surface area contributed by atoms with Crippen molar-refractivity contribution in [1.82, 2.24) is 30.1 Å². The van der Waals surface area contributed by atoms with Gasteiger partial charge in [-0.3, -0.25) is 9.69 Å². The summed E-state index contributed by atoms with van der Waals surface area (Å²) in [5.74, 6) is 0.923. The van der Waals surface area contributed by atoms with Gasteiger partial charge < -0.3 is 4.98 Å². The highest BCUT2D eigenvalue weighted by Gasteiger charge is 2.29. The number of aromatic nitrogens is 5. The molecule has 1 saturated carbocycles. The predicted molar refractivity (Wildman–Crippen MR) is 148 cm³/mol. The summed E-state index contributed by atoms with van der Waals surface area (Å²) in [5.41, 5.74) is 5.25. The summed E-state index contributed by atoms with van der Waals surface area (Å²) < 4.78 is 2.08. The van der Waals surface area contributed by atoms with Gasteiger partial charge in [0, 0.05) is 18.7 Å². The number of aromatic amines is 1. The van der Waals surface area contributed by atoms with Crippen LogP contribution in [-0.4, -0.2) is 36.6 Å². The molecule has 194 valence electrons. The molecule has 2 heterocycles. The van der Waals surface area contributed by atoms with Crippen molar-refractivity contribution >= 4 is 10.9 Å². The topological polar surface area (TPSA) is 79.7 Å². The van der Waals surface area contributed by atoms with E-state index in [0.29, 0.717) is 12.6 Å². The van der Waals surface area contributed by atoms with E-state index in [1.807, 2.05) is 6.07 Å². The highest BCUT2D eigenvalue weighted by molar-refractivity contribution is 5.82. The molecule has 2 aromatic heterocycles. The van der Waals surface area contributed by atoms with Crippen LogP contribution in [-0.2, 0) is 13.0 Å². The van der Waals surface area contributed by atoms with Gasteiger partial charge in [-0.15, -0.1) is 5.10 Å². The quantitative estimate of drug-likeness (QED) is 0.314. The Bertz CT molecular complexity index is 1390. The van der Waals surface area contributed by atoms with Crippen LogP contribution in [0.5, 0.6) is 0 Å². The maximum Gasteiger partial charge on any atom is 0.252 e. The first-order valence-electron chi connectivity index (χ1n) is 13.7. The van der Waals surface area contributed by atoms with Gasteiger partial charge in [-0.1, -0.05) is 68.1 Å². The van der Waals surface area contributed by atoms with Crippen LogP contribution < -0.4 is 5.56 Å². The summed E-state index contributed by atoms with van der Waals surface area (Å²) >= 11 is 0. The van der Waals surface area contributed by atoms with Crippen LogP contribution in [0.4, 0.5) is 0 Å². The molecule has 7 heteroatoms. The molecule has 1 N–H and O–H groups in total. The highest BCUT2D eigenvalue weighted by atomic mass is 16.1. The van der Waals surface area contributed by atoms with Gasteiger partial charge >= 0.3 is 0 Å². The number of tetrazole rings is 1. The smallest absolute Gasteiger partial charge is 0.252 e. The summed E-state index contributed by atoms with van der Waals surface area (Å²) in [6, 6.07) is 17.3. The minimum atomic E-state index is -0.0223. The Balaban J connectivity index is 1.50. The molecule has 0 amide bonds. The number of aryl methyl sites for hydroxylation is 2. The van der Waals surface area contributed by atoms with Crippen LogP contribution in [0.15, 0.2) is 53.3 Å². The van der Waals surface area contributed by atoms with Crippen LogP contribution in [0, 0.1) is 13.8 Å². The molecule has 1 atom stereocenters. The molecule has 1 aliphatic carbocycles. The van der Waals surface area contributed by atoms with E-state index in [1.54, 1.807) is 0 Å². The van der Waals surface area contributed by atoms with E-state index in [9.17, 15) is 4.79 Å². The second kappa shape index (κ2) is 11.4. The third kappa shape index (κ3) is 5.67. The monoisotopic (exact) mass is 498 g/mol. The van der Waals surface area contributed by atoms with Crippen molar-refractivity contribution in [2.45, 2.75) is 84.3 Å². The van der Waals surface area contributed by atoms with Crippen LogP contribution >= 0.6 is 0 Å². The zero-order chi connectivity index (χ0) is 25.8. The summed E-state index contributed by atoms with van der Waals surface area (Å²) in [6.07, 6.45) is 7.76. The van der Waals surface area contributed by atoms with Gasteiger partial charge in [-0.05, 0) is 78.6 Å². The van der Waals surface area contributed by atoms with Crippen molar-refractivity contribution in [3.63, 3.8) is 0 Å². The number of hydrogen-bond acceptors (Lipinski definition) is 5. The molecular formula is C30H38N6O. The Hall–Kier alpha value is -3.32. The number of pyridine rings is 1. The first-order valence-corrected chi connectivity index (χ1v) is 13.7. The van der Waals surface area contributed by atoms with Gasteiger partial charge in [0.25, 0.3) is 5.56 Å². The number of rotatable bonds is 9.